The van der Waals surface area contributed by atoms with Crippen LogP contribution >= 0.6 is 11.6 Å². The van der Waals surface area contributed by atoms with Gasteiger partial charge in [-0.2, -0.15) is 0 Å². The second kappa shape index (κ2) is 3.58. The van der Waals surface area contributed by atoms with E-state index in [2.05, 4.69) is 39.0 Å². The van der Waals surface area contributed by atoms with Crippen molar-refractivity contribution in [1.29, 1.82) is 0 Å². The van der Waals surface area contributed by atoms with Crippen molar-refractivity contribution in [3.8, 4) is 0 Å². The molecule has 0 spiro atoms. The molecule has 0 aromatic heterocycles. The van der Waals surface area contributed by atoms with Crippen LogP contribution in [0.3, 0.4) is 0 Å². The van der Waals surface area contributed by atoms with E-state index in [0.717, 1.165) is 5.92 Å². The van der Waals surface area contributed by atoms with Gasteiger partial charge in [-0.3, -0.25) is 0 Å². The molecule has 1 fully saturated rings. The van der Waals surface area contributed by atoms with Gasteiger partial charge in [-0.05, 0) is 43.2 Å². The van der Waals surface area contributed by atoms with Gasteiger partial charge in [0.2, 0.25) is 0 Å². The number of halogens is 1. The minimum absolute atomic E-state index is 0.227. The molecule has 14 heavy (non-hydrogen) atoms. The first-order chi connectivity index (χ1) is 6.59. The molecule has 0 radical (unpaired) electrons. The number of alkyl halides is 1. The third-order valence-electron chi connectivity index (χ3n) is 3.27. The molecule has 1 aromatic rings. The van der Waals surface area contributed by atoms with E-state index in [9.17, 15) is 0 Å². The molecule has 0 amide bonds. The highest BCUT2D eigenvalue weighted by molar-refractivity contribution is 6.21. The molecular weight excluding hydrogens is 192 g/mol. The summed E-state index contributed by atoms with van der Waals surface area (Å²) in [4.78, 5) is 0. The van der Waals surface area contributed by atoms with Gasteiger partial charge < -0.3 is 0 Å². The Morgan fingerprint density at radius 2 is 2.00 bits per heavy atom. The monoisotopic (exact) mass is 208 g/mol. The molecule has 0 saturated heterocycles. The van der Waals surface area contributed by atoms with Crippen LogP contribution in [0.2, 0.25) is 0 Å². The molecule has 0 nitrogen and oxygen atoms in total. The SMILES string of the molecule is Cc1ccc(C(Cl)C2CC2C)c(C)c1. The quantitative estimate of drug-likeness (QED) is 0.638. The summed E-state index contributed by atoms with van der Waals surface area (Å²) in [6.07, 6.45) is 1.29. The molecule has 2 rings (SSSR count). The van der Waals surface area contributed by atoms with Crippen molar-refractivity contribution in [3.05, 3.63) is 34.9 Å². The third-order valence-corrected chi connectivity index (χ3v) is 3.83. The molecule has 76 valence electrons. The fourth-order valence-corrected chi connectivity index (χ4v) is 2.72. The van der Waals surface area contributed by atoms with Crippen molar-refractivity contribution in [2.45, 2.75) is 32.6 Å². The normalized spacial score (nSPS) is 27.4. The Balaban J connectivity index is 2.23. The van der Waals surface area contributed by atoms with Crippen LogP contribution in [0.15, 0.2) is 18.2 Å². The Bertz CT molecular complexity index is 343. The minimum Gasteiger partial charge on any atom is -0.118 e. The van der Waals surface area contributed by atoms with Crippen molar-refractivity contribution in [3.63, 3.8) is 0 Å². The lowest BCUT2D eigenvalue weighted by molar-refractivity contribution is 0.718. The van der Waals surface area contributed by atoms with Crippen molar-refractivity contribution in [2.24, 2.45) is 11.8 Å². The average molecular weight is 209 g/mol. The summed E-state index contributed by atoms with van der Waals surface area (Å²) < 4.78 is 0. The van der Waals surface area contributed by atoms with E-state index in [-0.39, 0.29) is 5.38 Å². The zero-order chi connectivity index (χ0) is 10.3. The van der Waals surface area contributed by atoms with Gasteiger partial charge in [0.1, 0.15) is 0 Å². The summed E-state index contributed by atoms with van der Waals surface area (Å²) >= 11 is 6.46. The molecule has 1 aliphatic rings. The highest BCUT2D eigenvalue weighted by Gasteiger charge is 2.39. The summed E-state index contributed by atoms with van der Waals surface area (Å²) in [7, 11) is 0. The lowest BCUT2D eigenvalue weighted by Crippen LogP contribution is -1.97. The predicted octanol–water partition coefficient (Wildman–Crippen LogP) is 4.24. The lowest BCUT2D eigenvalue weighted by Gasteiger charge is -2.12. The Labute approximate surface area is 91.3 Å². The Kier molecular flexibility index (Phi) is 2.57. The zero-order valence-electron chi connectivity index (χ0n) is 9.05. The van der Waals surface area contributed by atoms with Gasteiger partial charge in [-0.15, -0.1) is 11.6 Å². The van der Waals surface area contributed by atoms with Crippen molar-refractivity contribution >= 4 is 11.6 Å². The minimum atomic E-state index is 0.227. The summed E-state index contributed by atoms with van der Waals surface area (Å²) in [5.74, 6) is 1.52. The molecule has 0 N–H and O–H groups in total. The average Bonchev–Trinajstić information content (AvgIpc) is 2.81. The highest BCUT2D eigenvalue weighted by Crippen LogP contribution is 2.50. The fourth-order valence-electron chi connectivity index (χ4n) is 2.12. The summed E-state index contributed by atoms with van der Waals surface area (Å²) in [5.41, 5.74) is 3.98. The topological polar surface area (TPSA) is 0 Å². The standard InChI is InChI=1S/C13H17Cl/c1-8-4-5-11(9(2)6-8)13(14)12-7-10(12)3/h4-6,10,12-13H,7H2,1-3H3. The molecule has 0 bridgehead atoms. The highest BCUT2D eigenvalue weighted by atomic mass is 35.5. The van der Waals surface area contributed by atoms with Crippen LogP contribution in [-0.2, 0) is 0 Å². The number of hydrogen-bond acceptors (Lipinski definition) is 0. The summed E-state index contributed by atoms with van der Waals surface area (Å²) in [6.45, 7) is 6.56. The molecule has 1 saturated carbocycles. The molecular formula is C13H17Cl. The van der Waals surface area contributed by atoms with Crippen molar-refractivity contribution in [2.75, 3.05) is 0 Å². The fraction of sp³-hybridized carbons (Fsp3) is 0.538. The van der Waals surface area contributed by atoms with E-state index in [1.165, 1.54) is 23.1 Å². The van der Waals surface area contributed by atoms with Gasteiger partial charge in [0.15, 0.2) is 0 Å². The van der Waals surface area contributed by atoms with Crippen LogP contribution in [0.1, 0.15) is 35.4 Å². The van der Waals surface area contributed by atoms with Gasteiger partial charge in [-0.25, -0.2) is 0 Å². The molecule has 3 unspecified atom stereocenters. The van der Waals surface area contributed by atoms with Crippen molar-refractivity contribution < 1.29 is 0 Å². The Hall–Kier alpha value is -0.490. The van der Waals surface area contributed by atoms with Gasteiger partial charge in [-0.1, -0.05) is 30.7 Å². The van der Waals surface area contributed by atoms with E-state index in [0.29, 0.717) is 5.92 Å². The predicted molar refractivity (Wildman–Crippen MR) is 61.8 cm³/mol. The van der Waals surface area contributed by atoms with Gasteiger partial charge >= 0.3 is 0 Å². The Morgan fingerprint density at radius 1 is 1.36 bits per heavy atom. The Morgan fingerprint density at radius 3 is 2.50 bits per heavy atom. The first-order valence-electron chi connectivity index (χ1n) is 5.31. The molecule has 1 heteroatoms. The maximum absolute atomic E-state index is 6.46. The number of benzene rings is 1. The number of aryl methyl sites for hydroxylation is 2. The van der Waals surface area contributed by atoms with Crippen LogP contribution < -0.4 is 0 Å². The van der Waals surface area contributed by atoms with Gasteiger partial charge in [0.05, 0.1) is 5.38 Å². The van der Waals surface area contributed by atoms with E-state index in [4.69, 9.17) is 11.6 Å². The largest absolute Gasteiger partial charge is 0.118 e. The van der Waals surface area contributed by atoms with E-state index >= 15 is 0 Å². The lowest BCUT2D eigenvalue weighted by atomic mass is 10.00. The van der Waals surface area contributed by atoms with Crippen LogP contribution in [0.25, 0.3) is 0 Å². The maximum atomic E-state index is 6.46. The first-order valence-corrected chi connectivity index (χ1v) is 5.74. The van der Waals surface area contributed by atoms with Crippen LogP contribution in [-0.4, -0.2) is 0 Å². The van der Waals surface area contributed by atoms with E-state index in [1.807, 2.05) is 0 Å². The second-order valence-corrected chi connectivity index (χ2v) is 5.11. The van der Waals surface area contributed by atoms with E-state index in [1.54, 1.807) is 0 Å². The van der Waals surface area contributed by atoms with Gasteiger partial charge in [0, 0.05) is 0 Å². The van der Waals surface area contributed by atoms with Gasteiger partial charge in [0.25, 0.3) is 0 Å². The number of hydrogen-bond donors (Lipinski definition) is 0. The number of rotatable bonds is 2. The third kappa shape index (κ3) is 1.81. The smallest absolute Gasteiger partial charge is 0.0618 e. The molecule has 1 aliphatic carbocycles. The molecule has 0 aliphatic heterocycles. The van der Waals surface area contributed by atoms with E-state index < -0.39 is 0 Å². The van der Waals surface area contributed by atoms with Crippen LogP contribution in [0.4, 0.5) is 0 Å². The van der Waals surface area contributed by atoms with Crippen molar-refractivity contribution in [1.82, 2.24) is 0 Å². The molecule has 1 aromatic carbocycles. The molecule has 3 atom stereocenters. The van der Waals surface area contributed by atoms with Crippen LogP contribution in [0, 0.1) is 25.7 Å². The summed E-state index contributed by atoms with van der Waals surface area (Å²) in [6, 6.07) is 6.57. The maximum Gasteiger partial charge on any atom is 0.0618 e. The molecule has 0 heterocycles. The first kappa shape index (κ1) is 10.0. The summed E-state index contributed by atoms with van der Waals surface area (Å²) in [5, 5.41) is 0.227. The second-order valence-electron chi connectivity index (χ2n) is 4.64. The zero-order valence-corrected chi connectivity index (χ0v) is 9.81. The van der Waals surface area contributed by atoms with Crippen LogP contribution in [0.5, 0.6) is 0 Å².